The molecule has 0 radical (unpaired) electrons. The Kier molecular flexibility index (Phi) is 6.01. The normalized spacial score (nSPS) is 28.4. The number of nitrogens with zero attached hydrogens (tertiary/aromatic N) is 1. The largest absolute Gasteiger partial charge is 0.508 e. The molecule has 31 heavy (non-hydrogen) atoms. The van der Waals surface area contributed by atoms with Crippen molar-refractivity contribution in [2.24, 2.45) is 5.92 Å². The third kappa shape index (κ3) is 4.44. The zero-order chi connectivity index (χ0) is 22.0. The minimum absolute atomic E-state index is 0.0850. The second kappa shape index (κ2) is 8.71. The van der Waals surface area contributed by atoms with Crippen molar-refractivity contribution in [2.75, 3.05) is 20.1 Å². The molecule has 1 saturated carbocycles. The number of ether oxygens (including phenoxy) is 1. The van der Waals surface area contributed by atoms with Crippen molar-refractivity contribution in [1.82, 2.24) is 10.2 Å². The van der Waals surface area contributed by atoms with Crippen molar-refractivity contribution in [2.45, 2.75) is 43.7 Å². The van der Waals surface area contributed by atoms with Crippen molar-refractivity contribution in [3.8, 4) is 5.75 Å². The summed E-state index contributed by atoms with van der Waals surface area (Å²) in [7, 11) is 2.08. The predicted octanol–water partition coefficient (Wildman–Crippen LogP) is 3.11. The molecule has 2 fully saturated rings. The minimum atomic E-state index is -0.308. The molecular weight excluding hydrogens is 392 g/mol. The number of phenolic OH excluding ortho intramolecular Hbond substituents is 1. The molecule has 6 heteroatoms. The van der Waals surface area contributed by atoms with Crippen LogP contribution in [0.15, 0.2) is 54.6 Å². The Hall–Kier alpha value is -2.86. The van der Waals surface area contributed by atoms with Crippen LogP contribution in [0, 0.1) is 5.92 Å². The van der Waals surface area contributed by atoms with Gasteiger partial charge >= 0.3 is 5.97 Å². The number of nitrogens with one attached hydrogen (secondary N) is 1. The monoisotopic (exact) mass is 422 g/mol. The fraction of sp³-hybridized carbons (Fsp3) is 0.440. The Morgan fingerprint density at radius 1 is 1.16 bits per heavy atom. The highest BCUT2D eigenvalue weighted by atomic mass is 16.5. The van der Waals surface area contributed by atoms with E-state index in [1.807, 2.05) is 36.4 Å². The number of esters is 1. The topological polar surface area (TPSA) is 78.9 Å². The van der Waals surface area contributed by atoms with E-state index in [9.17, 15) is 14.7 Å². The maximum absolute atomic E-state index is 12.9. The van der Waals surface area contributed by atoms with Gasteiger partial charge in [0.2, 0.25) is 0 Å². The lowest BCUT2D eigenvalue weighted by atomic mass is 9.57. The molecule has 6 nitrogen and oxygen atoms in total. The molecule has 1 unspecified atom stereocenters. The molecule has 1 aliphatic heterocycles. The molecule has 0 aromatic heterocycles. The number of aromatic hydroxyl groups is 1. The van der Waals surface area contributed by atoms with Gasteiger partial charge in [0.1, 0.15) is 11.9 Å². The number of hydrogen-bond acceptors (Lipinski definition) is 5. The molecule has 1 amide bonds. The van der Waals surface area contributed by atoms with Crippen LogP contribution in [0.25, 0.3) is 0 Å². The second-order valence-electron chi connectivity index (χ2n) is 8.95. The van der Waals surface area contributed by atoms with Crippen LogP contribution in [0.4, 0.5) is 0 Å². The number of carbonyl (C=O) groups is 2. The summed E-state index contributed by atoms with van der Waals surface area (Å²) in [5, 5.41) is 13.4. The number of fused-ring (bicyclic) bond motifs is 1. The van der Waals surface area contributed by atoms with E-state index in [0.717, 1.165) is 31.5 Å². The first kappa shape index (κ1) is 21.4. The van der Waals surface area contributed by atoms with E-state index in [0.29, 0.717) is 12.0 Å². The number of amides is 1. The number of likely N-dealkylation sites (tertiary alicyclic amines) is 1. The lowest BCUT2D eigenvalue weighted by molar-refractivity contribution is -0.156. The van der Waals surface area contributed by atoms with E-state index in [2.05, 4.69) is 17.3 Å². The zero-order valence-electron chi connectivity index (χ0n) is 18.1. The Morgan fingerprint density at radius 2 is 1.94 bits per heavy atom. The summed E-state index contributed by atoms with van der Waals surface area (Å²) in [4.78, 5) is 27.1. The van der Waals surface area contributed by atoms with Crippen molar-refractivity contribution in [1.29, 1.82) is 0 Å². The molecule has 0 spiro atoms. The quantitative estimate of drug-likeness (QED) is 0.741. The first-order valence-corrected chi connectivity index (χ1v) is 10.9. The van der Waals surface area contributed by atoms with Crippen LogP contribution in [0.3, 0.4) is 0 Å². The van der Waals surface area contributed by atoms with Gasteiger partial charge in [0.15, 0.2) is 0 Å². The Bertz CT molecular complexity index is 948. The van der Waals surface area contributed by atoms with Crippen molar-refractivity contribution >= 4 is 11.9 Å². The van der Waals surface area contributed by atoms with Gasteiger partial charge in [-0.05, 0) is 56.3 Å². The highest BCUT2D eigenvalue weighted by Gasteiger charge is 2.53. The molecule has 1 heterocycles. The van der Waals surface area contributed by atoms with Crippen LogP contribution in [-0.4, -0.2) is 54.2 Å². The number of piperidine rings is 1. The molecule has 0 bridgehead atoms. The fourth-order valence-corrected chi connectivity index (χ4v) is 5.48. The lowest BCUT2D eigenvalue weighted by Crippen LogP contribution is -2.61. The van der Waals surface area contributed by atoms with E-state index < -0.39 is 0 Å². The Balaban J connectivity index is 1.69. The Labute approximate surface area is 183 Å². The molecule has 164 valence electrons. The predicted molar refractivity (Wildman–Crippen MR) is 118 cm³/mol. The van der Waals surface area contributed by atoms with Gasteiger partial charge in [0, 0.05) is 42.8 Å². The molecular formula is C25H30N2O4. The van der Waals surface area contributed by atoms with Crippen LogP contribution in [0.1, 0.15) is 42.1 Å². The summed E-state index contributed by atoms with van der Waals surface area (Å²) in [6, 6.07) is 16.4. The minimum Gasteiger partial charge on any atom is -0.508 e. The van der Waals surface area contributed by atoms with Crippen molar-refractivity contribution in [3.05, 3.63) is 65.7 Å². The van der Waals surface area contributed by atoms with E-state index in [1.54, 1.807) is 18.2 Å². The molecule has 1 saturated heterocycles. The van der Waals surface area contributed by atoms with Crippen LogP contribution in [0.5, 0.6) is 5.75 Å². The average molecular weight is 423 g/mol. The van der Waals surface area contributed by atoms with E-state index in [1.165, 1.54) is 6.92 Å². The summed E-state index contributed by atoms with van der Waals surface area (Å²) < 4.78 is 5.82. The lowest BCUT2D eigenvalue weighted by Gasteiger charge is -2.55. The highest BCUT2D eigenvalue weighted by molar-refractivity contribution is 5.94. The van der Waals surface area contributed by atoms with E-state index in [-0.39, 0.29) is 41.1 Å². The number of rotatable bonds is 4. The highest BCUT2D eigenvalue weighted by Crippen LogP contribution is 2.50. The molecule has 2 aromatic carbocycles. The van der Waals surface area contributed by atoms with Crippen LogP contribution in [0.2, 0.25) is 0 Å². The maximum atomic E-state index is 12.9. The third-order valence-electron chi connectivity index (χ3n) is 6.84. The zero-order valence-corrected chi connectivity index (χ0v) is 18.1. The summed E-state index contributed by atoms with van der Waals surface area (Å²) in [5.74, 6) is -0.117. The van der Waals surface area contributed by atoms with Gasteiger partial charge in [-0.2, -0.15) is 0 Å². The van der Waals surface area contributed by atoms with E-state index in [4.69, 9.17) is 4.74 Å². The van der Waals surface area contributed by atoms with Gasteiger partial charge in [-0.15, -0.1) is 0 Å². The van der Waals surface area contributed by atoms with Gasteiger partial charge in [0.25, 0.3) is 5.91 Å². The first-order chi connectivity index (χ1) is 14.9. The molecule has 1 aliphatic carbocycles. The van der Waals surface area contributed by atoms with Crippen LogP contribution < -0.4 is 5.32 Å². The van der Waals surface area contributed by atoms with Gasteiger partial charge < -0.3 is 20.1 Å². The number of carbonyl (C=O) groups excluding carboxylic acids is 2. The smallest absolute Gasteiger partial charge is 0.302 e. The van der Waals surface area contributed by atoms with Gasteiger partial charge in [0.05, 0.1) is 0 Å². The summed E-state index contributed by atoms with van der Waals surface area (Å²) in [6.07, 6.45) is 1.88. The summed E-state index contributed by atoms with van der Waals surface area (Å²) >= 11 is 0. The summed E-state index contributed by atoms with van der Waals surface area (Å²) in [6.45, 7) is 3.14. The number of phenols is 1. The number of benzene rings is 2. The molecule has 4 atom stereocenters. The van der Waals surface area contributed by atoms with Crippen molar-refractivity contribution < 1.29 is 19.4 Å². The average Bonchev–Trinajstić information content (AvgIpc) is 2.74. The molecule has 2 aromatic rings. The van der Waals surface area contributed by atoms with E-state index >= 15 is 0 Å². The molecule has 2 N–H and O–H groups in total. The van der Waals surface area contributed by atoms with Crippen LogP contribution in [-0.2, 0) is 14.9 Å². The first-order valence-electron chi connectivity index (χ1n) is 10.9. The fourth-order valence-electron chi connectivity index (χ4n) is 5.48. The molecule has 4 rings (SSSR count). The Morgan fingerprint density at radius 3 is 2.65 bits per heavy atom. The third-order valence-corrected chi connectivity index (χ3v) is 6.84. The van der Waals surface area contributed by atoms with Gasteiger partial charge in [-0.1, -0.05) is 30.3 Å². The second-order valence-corrected chi connectivity index (χ2v) is 8.95. The van der Waals surface area contributed by atoms with Crippen molar-refractivity contribution in [3.63, 3.8) is 0 Å². The van der Waals surface area contributed by atoms with Crippen LogP contribution >= 0.6 is 0 Å². The number of hydrogen-bond donors (Lipinski definition) is 2. The molecule has 2 aliphatic rings. The SMILES string of the molecule is CC(=O)OC1C[C@@H](NC(=O)c2ccccc2)C[C@]2(c3cccc(O)c3)CCN(C)C[C@@H]12. The van der Waals surface area contributed by atoms with Gasteiger partial charge in [-0.25, -0.2) is 0 Å². The van der Waals surface area contributed by atoms with Gasteiger partial charge in [-0.3, -0.25) is 9.59 Å². The maximum Gasteiger partial charge on any atom is 0.302 e. The summed E-state index contributed by atoms with van der Waals surface area (Å²) in [5.41, 5.74) is 1.36. The standard InChI is InChI=1S/C25H30N2O4/c1-17(28)31-23-14-20(26-24(30)18-7-4-3-5-8-18)15-25(11-12-27(2)16-22(23)25)19-9-6-10-21(29)13-19/h3-10,13,20,22-23,29H,11-12,14-16H2,1-2H3,(H,26,30)/t20-,22+,23?,25+/m1/s1.